The molecule has 0 aromatic heterocycles. The highest BCUT2D eigenvalue weighted by Crippen LogP contribution is 2.01. The predicted molar refractivity (Wildman–Crippen MR) is 43.7 cm³/mol. The van der Waals surface area contributed by atoms with E-state index in [1.54, 1.807) is 4.90 Å². The molecule has 1 aliphatic rings. The SMILES string of the molecule is O=C1CCOCCN1CCCO. The lowest BCUT2D eigenvalue weighted by Gasteiger charge is -2.18. The van der Waals surface area contributed by atoms with Crippen molar-refractivity contribution in [2.45, 2.75) is 12.8 Å². The second kappa shape index (κ2) is 5.11. The Morgan fingerprint density at radius 3 is 3.08 bits per heavy atom. The van der Waals surface area contributed by atoms with E-state index in [1.807, 2.05) is 0 Å². The molecule has 0 saturated carbocycles. The highest BCUT2D eigenvalue weighted by atomic mass is 16.5. The minimum absolute atomic E-state index is 0.140. The largest absolute Gasteiger partial charge is 0.396 e. The first-order chi connectivity index (χ1) is 5.84. The van der Waals surface area contributed by atoms with Gasteiger partial charge in [-0.05, 0) is 6.42 Å². The van der Waals surface area contributed by atoms with Crippen molar-refractivity contribution in [1.82, 2.24) is 4.90 Å². The normalized spacial score (nSPS) is 19.4. The van der Waals surface area contributed by atoms with Crippen molar-refractivity contribution < 1.29 is 14.6 Å². The summed E-state index contributed by atoms with van der Waals surface area (Å²) in [5, 5.41) is 8.58. The lowest BCUT2D eigenvalue weighted by Crippen LogP contribution is -2.32. The molecule has 1 N–H and O–H groups in total. The van der Waals surface area contributed by atoms with Crippen LogP contribution < -0.4 is 0 Å². The summed E-state index contributed by atoms with van der Waals surface area (Å²) in [5.74, 6) is 0.140. The first-order valence-corrected chi connectivity index (χ1v) is 4.31. The van der Waals surface area contributed by atoms with Crippen LogP contribution in [0.15, 0.2) is 0 Å². The van der Waals surface area contributed by atoms with Gasteiger partial charge < -0.3 is 14.7 Å². The van der Waals surface area contributed by atoms with Crippen molar-refractivity contribution in [3.8, 4) is 0 Å². The zero-order valence-electron chi connectivity index (χ0n) is 7.16. The van der Waals surface area contributed by atoms with E-state index in [9.17, 15) is 4.79 Å². The summed E-state index contributed by atoms with van der Waals surface area (Å²) in [6.45, 7) is 2.62. The van der Waals surface area contributed by atoms with Gasteiger partial charge in [0.2, 0.25) is 5.91 Å². The Morgan fingerprint density at radius 2 is 2.33 bits per heavy atom. The van der Waals surface area contributed by atoms with E-state index in [-0.39, 0.29) is 12.5 Å². The van der Waals surface area contributed by atoms with Crippen LogP contribution in [0.1, 0.15) is 12.8 Å². The fraction of sp³-hybridized carbons (Fsp3) is 0.875. The van der Waals surface area contributed by atoms with Gasteiger partial charge in [0.05, 0.1) is 19.6 Å². The van der Waals surface area contributed by atoms with Crippen LogP contribution in [0.25, 0.3) is 0 Å². The van der Waals surface area contributed by atoms with Crippen LogP contribution in [0.3, 0.4) is 0 Å². The fourth-order valence-electron chi connectivity index (χ4n) is 1.22. The van der Waals surface area contributed by atoms with Crippen molar-refractivity contribution in [2.24, 2.45) is 0 Å². The van der Waals surface area contributed by atoms with E-state index in [0.29, 0.717) is 39.1 Å². The highest BCUT2D eigenvalue weighted by Gasteiger charge is 2.15. The molecule has 0 unspecified atom stereocenters. The maximum absolute atomic E-state index is 11.3. The van der Waals surface area contributed by atoms with Gasteiger partial charge in [-0.25, -0.2) is 0 Å². The summed E-state index contributed by atoms with van der Waals surface area (Å²) >= 11 is 0. The molecule has 0 radical (unpaired) electrons. The van der Waals surface area contributed by atoms with Crippen LogP contribution in [0.4, 0.5) is 0 Å². The van der Waals surface area contributed by atoms with Crippen LogP contribution in [0.2, 0.25) is 0 Å². The fourth-order valence-corrected chi connectivity index (χ4v) is 1.22. The van der Waals surface area contributed by atoms with Gasteiger partial charge in [0.1, 0.15) is 0 Å². The predicted octanol–water partition coefficient (Wildman–Crippen LogP) is -0.382. The number of aliphatic hydroxyl groups excluding tert-OH is 1. The lowest BCUT2D eigenvalue weighted by molar-refractivity contribution is -0.130. The number of carbonyl (C=O) groups is 1. The third-order valence-corrected chi connectivity index (χ3v) is 1.90. The number of nitrogens with zero attached hydrogens (tertiary/aromatic N) is 1. The Morgan fingerprint density at radius 1 is 1.50 bits per heavy atom. The van der Waals surface area contributed by atoms with Gasteiger partial charge in [-0.15, -0.1) is 0 Å². The van der Waals surface area contributed by atoms with Gasteiger partial charge in [0.15, 0.2) is 0 Å². The molecule has 0 bridgehead atoms. The second-order valence-corrected chi connectivity index (χ2v) is 2.82. The summed E-state index contributed by atoms with van der Waals surface area (Å²) < 4.78 is 5.15. The Bertz CT molecular complexity index is 149. The molecule has 4 heteroatoms. The van der Waals surface area contributed by atoms with E-state index in [2.05, 4.69) is 0 Å². The molecule has 1 rings (SSSR count). The third-order valence-electron chi connectivity index (χ3n) is 1.90. The standard InChI is InChI=1S/C8H15NO3/c10-5-1-3-9-4-7-12-6-2-8(9)11/h10H,1-7H2. The molecule has 12 heavy (non-hydrogen) atoms. The molecule has 0 aromatic carbocycles. The molecule has 1 heterocycles. The van der Waals surface area contributed by atoms with Crippen LogP contribution in [-0.2, 0) is 9.53 Å². The average Bonchev–Trinajstić information content (AvgIpc) is 2.27. The number of rotatable bonds is 3. The quantitative estimate of drug-likeness (QED) is 0.632. The third kappa shape index (κ3) is 2.79. The summed E-state index contributed by atoms with van der Waals surface area (Å²) in [6.07, 6.45) is 1.14. The van der Waals surface area contributed by atoms with Gasteiger partial charge >= 0.3 is 0 Å². The molecule has 4 nitrogen and oxygen atoms in total. The number of hydrogen-bond acceptors (Lipinski definition) is 3. The van der Waals surface area contributed by atoms with Crippen molar-refractivity contribution in [2.75, 3.05) is 32.9 Å². The van der Waals surface area contributed by atoms with Crippen molar-refractivity contribution in [1.29, 1.82) is 0 Å². The number of hydrogen-bond donors (Lipinski definition) is 1. The molecular formula is C8H15NO3. The van der Waals surface area contributed by atoms with Crippen molar-refractivity contribution >= 4 is 5.91 Å². The number of aliphatic hydroxyl groups is 1. The van der Waals surface area contributed by atoms with Gasteiger partial charge in [-0.3, -0.25) is 4.79 Å². The maximum Gasteiger partial charge on any atom is 0.224 e. The molecule has 0 spiro atoms. The first-order valence-electron chi connectivity index (χ1n) is 4.31. The second-order valence-electron chi connectivity index (χ2n) is 2.82. The summed E-state index contributed by atoms with van der Waals surface area (Å²) in [4.78, 5) is 13.0. The molecule has 70 valence electrons. The van der Waals surface area contributed by atoms with Crippen molar-refractivity contribution in [3.05, 3.63) is 0 Å². The zero-order valence-corrected chi connectivity index (χ0v) is 7.16. The molecule has 0 aliphatic carbocycles. The molecule has 1 amide bonds. The van der Waals surface area contributed by atoms with E-state index in [1.165, 1.54) is 0 Å². The number of amides is 1. The molecule has 0 atom stereocenters. The summed E-state index contributed by atoms with van der Waals surface area (Å²) in [5.41, 5.74) is 0. The molecule has 1 aliphatic heterocycles. The van der Waals surface area contributed by atoms with Gasteiger partial charge in [0, 0.05) is 19.7 Å². The van der Waals surface area contributed by atoms with Crippen LogP contribution >= 0.6 is 0 Å². The Hall–Kier alpha value is -0.610. The Kier molecular flexibility index (Phi) is 4.04. The molecular weight excluding hydrogens is 158 g/mol. The Balaban J connectivity index is 2.31. The zero-order chi connectivity index (χ0) is 8.81. The van der Waals surface area contributed by atoms with Gasteiger partial charge in [-0.2, -0.15) is 0 Å². The molecule has 1 fully saturated rings. The van der Waals surface area contributed by atoms with Gasteiger partial charge in [0.25, 0.3) is 0 Å². The van der Waals surface area contributed by atoms with Crippen LogP contribution in [-0.4, -0.2) is 48.8 Å². The summed E-state index contributed by atoms with van der Waals surface area (Å²) in [6, 6.07) is 0. The van der Waals surface area contributed by atoms with E-state index in [4.69, 9.17) is 9.84 Å². The minimum atomic E-state index is 0.140. The topological polar surface area (TPSA) is 49.8 Å². The van der Waals surface area contributed by atoms with E-state index >= 15 is 0 Å². The van der Waals surface area contributed by atoms with Crippen LogP contribution in [0, 0.1) is 0 Å². The number of ether oxygens (including phenoxy) is 1. The monoisotopic (exact) mass is 173 g/mol. The average molecular weight is 173 g/mol. The lowest BCUT2D eigenvalue weighted by atomic mass is 10.3. The molecule has 0 aromatic rings. The summed E-state index contributed by atoms with van der Waals surface area (Å²) in [7, 11) is 0. The number of carbonyl (C=O) groups excluding carboxylic acids is 1. The smallest absolute Gasteiger partial charge is 0.224 e. The van der Waals surface area contributed by atoms with E-state index < -0.39 is 0 Å². The molecule has 1 saturated heterocycles. The van der Waals surface area contributed by atoms with Gasteiger partial charge in [-0.1, -0.05) is 0 Å². The Labute approximate surface area is 72.1 Å². The van der Waals surface area contributed by atoms with Crippen molar-refractivity contribution in [3.63, 3.8) is 0 Å². The highest BCUT2D eigenvalue weighted by molar-refractivity contribution is 5.76. The van der Waals surface area contributed by atoms with E-state index in [0.717, 1.165) is 0 Å². The maximum atomic E-state index is 11.3. The van der Waals surface area contributed by atoms with Crippen LogP contribution in [0.5, 0.6) is 0 Å². The first kappa shape index (κ1) is 9.48. The minimum Gasteiger partial charge on any atom is -0.396 e.